The summed E-state index contributed by atoms with van der Waals surface area (Å²) in [6.45, 7) is 3.15. The van der Waals surface area contributed by atoms with Crippen LogP contribution in [0.5, 0.6) is 0 Å². The molecule has 9 heteroatoms. The van der Waals surface area contributed by atoms with E-state index in [1.54, 1.807) is 0 Å². The number of rotatable bonds is 6. The topological polar surface area (TPSA) is 91.4 Å². The van der Waals surface area contributed by atoms with Gasteiger partial charge in [0.2, 0.25) is 5.91 Å². The van der Waals surface area contributed by atoms with Gasteiger partial charge in [-0.3, -0.25) is 14.5 Å². The van der Waals surface area contributed by atoms with Gasteiger partial charge in [-0.2, -0.15) is 0 Å². The third-order valence-corrected chi connectivity index (χ3v) is 6.16. The zero-order valence-electron chi connectivity index (χ0n) is 17.5. The van der Waals surface area contributed by atoms with Crippen molar-refractivity contribution < 1.29 is 18.8 Å². The summed E-state index contributed by atoms with van der Waals surface area (Å²) < 4.78 is 13.2. The van der Waals surface area contributed by atoms with Gasteiger partial charge in [-0.25, -0.2) is 14.2 Å². The molecular weight excluding hydrogens is 431 g/mol. The Bertz CT molecular complexity index is 1180. The fourth-order valence-corrected chi connectivity index (χ4v) is 4.23. The summed E-state index contributed by atoms with van der Waals surface area (Å²) >= 11 is 1.26. The van der Waals surface area contributed by atoms with E-state index in [4.69, 9.17) is 0 Å². The fraction of sp³-hybridized carbons (Fsp3) is 0.217. The monoisotopic (exact) mass is 452 g/mol. The number of halogens is 1. The van der Waals surface area contributed by atoms with Crippen molar-refractivity contribution in [2.24, 2.45) is 0 Å². The van der Waals surface area contributed by atoms with Gasteiger partial charge in [0, 0.05) is 10.9 Å². The number of hydrogen-bond acceptors (Lipinski definition) is 5. The Kier molecular flexibility index (Phi) is 5.75. The lowest BCUT2D eigenvalue weighted by Gasteiger charge is -2.22. The number of carbonyl (C=O) groups excluding carboxylic acids is 3. The van der Waals surface area contributed by atoms with Crippen LogP contribution in [0.15, 0.2) is 53.9 Å². The fourth-order valence-electron chi connectivity index (χ4n) is 3.50. The Labute approximate surface area is 188 Å². The van der Waals surface area contributed by atoms with Crippen LogP contribution in [0.1, 0.15) is 25.0 Å². The molecule has 2 aromatic carbocycles. The van der Waals surface area contributed by atoms with E-state index >= 15 is 0 Å². The largest absolute Gasteiger partial charge is 0.325 e. The first-order valence-electron chi connectivity index (χ1n) is 10.0. The molecule has 7 nitrogen and oxygen atoms in total. The second-order valence-electron chi connectivity index (χ2n) is 7.59. The molecule has 1 saturated heterocycles. The van der Waals surface area contributed by atoms with Crippen molar-refractivity contribution in [2.75, 3.05) is 11.9 Å². The standard InChI is InChI=1S/C23H21FN4O3S/c1-3-14-4-6-15(7-5-14)18-13-32-21(25-18)26-19(29)12-28-20(30)23(2,27-22(28)31)16-8-10-17(24)11-9-16/h4-11,13H,3,12H2,1-2H3,(H,27,31)(H,25,26,29). The van der Waals surface area contributed by atoms with Gasteiger partial charge in [0.15, 0.2) is 5.13 Å². The quantitative estimate of drug-likeness (QED) is 0.555. The van der Waals surface area contributed by atoms with E-state index in [1.165, 1.54) is 48.1 Å². The van der Waals surface area contributed by atoms with E-state index in [9.17, 15) is 18.8 Å². The number of aromatic nitrogens is 1. The number of nitrogens with zero attached hydrogens (tertiary/aromatic N) is 2. The van der Waals surface area contributed by atoms with E-state index in [0.717, 1.165) is 22.6 Å². The van der Waals surface area contributed by atoms with Crippen LogP contribution in [-0.4, -0.2) is 34.3 Å². The van der Waals surface area contributed by atoms with Crippen LogP contribution < -0.4 is 10.6 Å². The maximum absolute atomic E-state index is 13.2. The molecule has 4 amide bonds. The van der Waals surface area contributed by atoms with Crippen LogP contribution in [0.4, 0.5) is 14.3 Å². The van der Waals surface area contributed by atoms with Crippen LogP contribution in [0, 0.1) is 5.82 Å². The Balaban J connectivity index is 1.43. The minimum absolute atomic E-state index is 0.373. The number of hydrogen-bond donors (Lipinski definition) is 2. The molecule has 1 aromatic heterocycles. The average Bonchev–Trinajstić information content (AvgIpc) is 3.33. The first-order chi connectivity index (χ1) is 15.3. The second kappa shape index (κ2) is 8.51. The van der Waals surface area contributed by atoms with Crippen molar-refractivity contribution in [3.8, 4) is 11.3 Å². The molecule has 1 aliphatic rings. The second-order valence-corrected chi connectivity index (χ2v) is 8.45. The van der Waals surface area contributed by atoms with Crippen LogP contribution in [0.3, 0.4) is 0 Å². The van der Waals surface area contributed by atoms with Gasteiger partial charge >= 0.3 is 6.03 Å². The summed E-state index contributed by atoms with van der Waals surface area (Å²) in [5.74, 6) is -1.58. The van der Waals surface area contributed by atoms with E-state index in [1.807, 2.05) is 29.6 Å². The number of thiazole rings is 1. The number of amides is 4. The van der Waals surface area contributed by atoms with Crippen LogP contribution in [0.2, 0.25) is 0 Å². The summed E-state index contributed by atoms with van der Waals surface area (Å²) in [4.78, 5) is 43.1. The lowest BCUT2D eigenvalue weighted by Crippen LogP contribution is -2.42. The maximum Gasteiger partial charge on any atom is 0.325 e. The SMILES string of the molecule is CCc1ccc(-c2csc(NC(=O)CN3C(=O)NC(C)(c4ccc(F)cc4)C3=O)n2)cc1. The molecule has 0 radical (unpaired) electrons. The molecule has 1 atom stereocenters. The predicted molar refractivity (Wildman–Crippen MR) is 120 cm³/mol. The first-order valence-corrected chi connectivity index (χ1v) is 10.9. The minimum atomic E-state index is -1.37. The Morgan fingerprint density at radius 3 is 2.50 bits per heavy atom. The third-order valence-electron chi connectivity index (χ3n) is 5.41. The van der Waals surface area contributed by atoms with Gasteiger partial charge in [0.1, 0.15) is 17.9 Å². The van der Waals surface area contributed by atoms with Crippen molar-refractivity contribution in [1.82, 2.24) is 15.2 Å². The van der Waals surface area contributed by atoms with Gasteiger partial charge in [-0.05, 0) is 36.6 Å². The number of benzene rings is 2. The molecule has 0 spiro atoms. The molecule has 2 heterocycles. The average molecular weight is 453 g/mol. The Morgan fingerprint density at radius 1 is 1.16 bits per heavy atom. The lowest BCUT2D eigenvalue weighted by atomic mass is 9.92. The Morgan fingerprint density at radius 2 is 1.84 bits per heavy atom. The predicted octanol–water partition coefficient (Wildman–Crippen LogP) is 3.92. The minimum Gasteiger partial charge on any atom is -0.319 e. The van der Waals surface area contributed by atoms with Crippen molar-refractivity contribution in [3.63, 3.8) is 0 Å². The zero-order valence-corrected chi connectivity index (χ0v) is 18.3. The summed E-state index contributed by atoms with van der Waals surface area (Å²) in [6, 6.07) is 12.6. The van der Waals surface area contributed by atoms with Crippen LogP contribution in [0.25, 0.3) is 11.3 Å². The van der Waals surface area contributed by atoms with Crippen molar-refractivity contribution >= 4 is 34.3 Å². The van der Waals surface area contributed by atoms with E-state index < -0.39 is 35.7 Å². The van der Waals surface area contributed by atoms with E-state index in [2.05, 4.69) is 22.5 Å². The number of carbonyl (C=O) groups is 3. The van der Waals surface area contributed by atoms with Crippen molar-refractivity contribution in [3.05, 3.63) is 70.9 Å². The Hall–Kier alpha value is -3.59. The number of aryl methyl sites for hydroxylation is 1. The van der Waals surface area contributed by atoms with E-state index in [0.29, 0.717) is 10.7 Å². The highest BCUT2D eigenvalue weighted by Crippen LogP contribution is 2.29. The maximum atomic E-state index is 13.2. The summed E-state index contributed by atoms with van der Waals surface area (Å²) in [6.07, 6.45) is 0.946. The molecule has 0 aliphatic carbocycles. The van der Waals surface area contributed by atoms with Gasteiger partial charge in [-0.1, -0.05) is 43.3 Å². The van der Waals surface area contributed by atoms with E-state index in [-0.39, 0.29) is 0 Å². The van der Waals surface area contributed by atoms with Gasteiger partial charge < -0.3 is 10.6 Å². The normalized spacial score (nSPS) is 18.0. The summed E-state index contributed by atoms with van der Waals surface area (Å²) in [7, 11) is 0. The molecule has 0 saturated carbocycles. The molecule has 2 N–H and O–H groups in total. The molecule has 1 aliphatic heterocycles. The molecule has 32 heavy (non-hydrogen) atoms. The van der Waals surface area contributed by atoms with Gasteiger partial charge in [-0.15, -0.1) is 11.3 Å². The molecule has 4 rings (SSSR count). The summed E-state index contributed by atoms with van der Waals surface area (Å²) in [5.41, 5.74) is 1.94. The van der Waals surface area contributed by atoms with Crippen LogP contribution in [-0.2, 0) is 21.5 Å². The third kappa shape index (κ3) is 4.11. The zero-order chi connectivity index (χ0) is 22.9. The van der Waals surface area contributed by atoms with Crippen molar-refractivity contribution in [1.29, 1.82) is 0 Å². The van der Waals surface area contributed by atoms with Gasteiger partial charge in [0.05, 0.1) is 5.69 Å². The highest BCUT2D eigenvalue weighted by Gasteiger charge is 2.49. The highest BCUT2D eigenvalue weighted by molar-refractivity contribution is 7.14. The van der Waals surface area contributed by atoms with Crippen LogP contribution >= 0.6 is 11.3 Å². The smallest absolute Gasteiger partial charge is 0.319 e. The molecule has 1 unspecified atom stereocenters. The molecule has 0 bridgehead atoms. The molecule has 1 fully saturated rings. The van der Waals surface area contributed by atoms with Crippen molar-refractivity contribution in [2.45, 2.75) is 25.8 Å². The highest BCUT2D eigenvalue weighted by atomic mass is 32.1. The number of anilines is 1. The number of urea groups is 1. The van der Waals surface area contributed by atoms with Gasteiger partial charge in [0.25, 0.3) is 5.91 Å². The lowest BCUT2D eigenvalue weighted by molar-refractivity contribution is -0.133. The molecular formula is C23H21FN4O3S. The summed E-state index contributed by atoms with van der Waals surface area (Å²) in [5, 5.41) is 7.44. The first kappa shape index (κ1) is 21.6. The molecule has 3 aromatic rings. The number of nitrogens with one attached hydrogen (secondary N) is 2. The molecule has 164 valence electrons. The number of imide groups is 1.